The minimum Gasteiger partial charge on any atom is -0.497 e. The monoisotopic (exact) mass is 307 g/mol. The van der Waals surface area contributed by atoms with Crippen molar-refractivity contribution in [2.45, 2.75) is 6.92 Å². The molecular formula is C15H21N3O2S. The summed E-state index contributed by atoms with van der Waals surface area (Å²) in [7, 11) is 1.60. The largest absolute Gasteiger partial charge is 0.497 e. The minimum atomic E-state index is -0.121. The smallest absolute Gasteiger partial charge is 0.243 e. The number of carbonyl (C=O) groups excluding carboxylic acids is 1. The number of methoxy groups -OCH3 is 1. The van der Waals surface area contributed by atoms with Crippen LogP contribution in [0.25, 0.3) is 0 Å². The lowest BCUT2D eigenvalue weighted by Gasteiger charge is -2.23. The predicted molar refractivity (Wildman–Crippen MR) is 89.7 cm³/mol. The fourth-order valence-electron chi connectivity index (χ4n) is 1.65. The topological polar surface area (TPSA) is 53.6 Å². The second kappa shape index (κ2) is 8.97. The van der Waals surface area contributed by atoms with E-state index in [0.717, 1.165) is 11.4 Å². The van der Waals surface area contributed by atoms with Gasteiger partial charge in [0.25, 0.3) is 0 Å². The van der Waals surface area contributed by atoms with Crippen LogP contribution >= 0.6 is 12.2 Å². The molecule has 0 saturated heterocycles. The van der Waals surface area contributed by atoms with Gasteiger partial charge in [-0.05, 0) is 43.4 Å². The molecule has 0 radical (unpaired) electrons. The number of thiocarbonyl (C=S) groups is 1. The van der Waals surface area contributed by atoms with Crippen LogP contribution in [0.15, 0.2) is 36.9 Å². The average molecular weight is 307 g/mol. The molecule has 0 atom stereocenters. The van der Waals surface area contributed by atoms with E-state index in [0.29, 0.717) is 18.2 Å². The molecule has 0 fully saturated rings. The number of hydrogen-bond donors (Lipinski definition) is 2. The van der Waals surface area contributed by atoms with Crippen LogP contribution in [0, 0.1) is 0 Å². The number of likely N-dealkylation sites (N-methyl/N-ethyl adjacent to an activating group) is 1. The zero-order chi connectivity index (χ0) is 15.7. The molecule has 1 amide bonds. The van der Waals surface area contributed by atoms with Crippen LogP contribution in [0.4, 0.5) is 5.69 Å². The second-order valence-corrected chi connectivity index (χ2v) is 4.65. The first kappa shape index (κ1) is 17.0. The molecule has 0 spiro atoms. The summed E-state index contributed by atoms with van der Waals surface area (Å²) in [5.41, 5.74) is 0.724. The van der Waals surface area contributed by atoms with Gasteiger partial charge in [0.2, 0.25) is 5.91 Å². The van der Waals surface area contributed by atoms with Crippen molar-refractivity contribution in [2.75, 3.05) is 32.1 Å². The van der Waals surface area contributed by atoms with E-state index in [1.54, 1.807) is 42.4 Å². The number of hydrogen-bond acceptors (Lipinski definition) is 3. The van der Waals surface area contributed by atoms with Crippen molar-refractivity contribution in [3.63, 3.8) is 0 Å². The van der Waals surface area contributed by atoms with Gasteiger partial charge in [0.15, 0.2) is 5.11 Å². The van der Waals surface area contributed by atoms with E-state index < -0.39 is 0 Å². The van der Waals surface area contributed by atoms with Gasteiger partial charge in [-0.25, -0.2) is 0 Å². The fourth-order valence-corrected chi connectivity index (χ4v) is 1.92. The number of carbonyl (C=O) groups is 1. The SMILES string of the molecule is C=CCNC(=S)N(CC)CC(=O)Nc1ccc(OC)cc1. The van der Waals surface area contributed by atoms with Gasteiger partial charge in [-0.2, -0.15) is 0 Å². The molecule has 1 rings (SSSR count). The molecule has 1 aromatic rings. The van der Waals surface area contributed by atoms with E-state index in [9.17, 15) is 4.79 Å². The average Bonchev–Trinajstić information content (AvgIpc) is 2.51. The van der Waals surface area contributed by atoms with Crippen molar-refractivity contribution in [3.05, 3.63) is 36.9 Å². The maximum Gasteiger partial charge on any atom is 0.243 e. The highest BCUT2D eigenvalue weighted by molar-refractivity contribution is 7.80. The van der Waals surface area contributed by atoms with E-state index in [2.05, 4.69) is 17.2 Å². The van der Waals surface area contributed by atoms with Gasteiger partial charge in [-0.1, -0.05) is 6.08 Å². The molecule has 1 aromatic carbocycles. The molecule has 0 heterocycles. The first-order chi connectivity index (χ1) is 10.1. The number of rotatable bonds is 7. The maximum atomic E-state index is 12.0. The lowest BCUT2D eigenvalue weighted by atomic mass is 10.3. The van der Waals surface area contributed by atoms with Gasteiger partial charge in [-0.15, -0.1) is 6.58 Å². The third-order valence-corrected chi connectivity index (χ3v) is 3.18. The van der Waals surface area contributed by atoms with Crippen LogP contribution in [-0.2, 0) is 4.79 Å². The van der Waals surface area contributed by atoms with Crippen molar-refractivity contribution >= 4 is 28.9 Å². The molecule has 6 heteroatoms. The molecular weight excluding hydrogens is 286 g/mol. The van der Waals surface area contributed by atoms with Gasteiger partial charge < -0.3 is 20.3 Å². The van der Waals surface area contributed by atoms with Crippen molar-refractivity contribution in [1.82, 2.24) is 10.2 Å². The van der Waals surface area contributed by atoms with Gasteiger partial charge in [0.05, 0.1) is 13.7 Å². The van der Waals surface area contributed by atoms with Crippen molar-refractivity contribution in [2.24, 2.45) is 0 Å². The number of anilines is 1. The highest BCUT2D eigenvalue weighted by atomic mass is 32.1. The van der Waals surface area contributed by atoms with Crippen molar-refractivity contribution in [1.29, 1.82) is 0 Å². The predicted octanol–water partition coefficient (Wildman–Crippen LogP) is 2.02. The number of ether oxygens (including phenoxy) is 1. The van der Waals surface area contributed by atoms with Crippen LogP contribution in [0.2, 0.25) is 0 Å². The molecule has 5 nitrogen and oxygen atoms in total. The first-order valence-corrected chi connectivity index (χ1v) is 7.09. The Morgan fingerprint density at radius 3 is 2.62 bits per heavy atom. The van der Waals surface area contributed by atoms with E-state index in [1.165, 1.54) is 0 Å². The van der Waals surface area contributed by atoms with Gasteiger partial charge in [0, 0.05) is 18.8 Å². The lowest BCUT2D eigenvalue weighted by molar-refractivity contribution is -0.116. The van der Waals surface area contributed by atoms with E-state index in [-0.39, 0.29) is 12.5 Å². The maximum absolute atomic E-state index is 12.0. The van der Waals surface area contributed by atoms with Crippen LogP contribution in [0.3, 0.4) is 0 Å². The Bertz CT molecular complexity index is 488. The summed E-state index contributed by atoms with van der Waals surface area (Å²) in [5, 5.41) is 6.38. The van der Waals surface area contributed by atoms with Crippen LogP contribution < -0.4 is 15.4 Å². The van der Waals surface area contributed by atoms with Gasteiger partial charge in [0.1, 0.15) is 5.75 Å². The standard InChI is InChI=1S/C15H21N3O2S/c1-4-10-16-15(21)18(5-2)11-14(19)17-12-6-8-13(20-3)9-7-12/h4,6-9H,1,5,10-11H2,2-3H3,(H,16,21)(H,17,19). The minimum absolute atomic E-state index is 0.121. The Kier molecular flexibility index (Phi) is 7.25. The summed E-state index contributed by atoms with van der Waals surface area (Å²) in [5.74, 6) is 0.628. The molecule has 0 saturated carbocycles. The molecule has 0 unspecified atom stereocenters. The highest BCUT2D eigenvalue weighted by Crippen LogP contribution is 2.14. The molecule has 0 aromatic heterocycles. The van der Waals surface area contributed by atoms with E-state index >= 15 is 0 Å². The van der Waals surface area contributed by atoms with Crippen molar-refractivity contribution in [3.8, 4) is 5.75 Å². The molecule has 2 N–H and O–H groups in total. The number of amides is 1. The quantitative estimate of drug-likeness (QED) is 0.596. The Balaban J connectivity index is 2.53. The summed E-state index contributed by atoms with van der Waals surface area (Å²) >= 11 is 5.23. The molecule has 0 aliphatic heterocycles. The van der Waals surface area contributed by atoms with Crippen molar-refractivity contribution < 1.29 is 9.53 Å². The lowest BCUT2D eigenvalue weighted by Crippen LogP contribution is -2.43. The zero-order valence-electron chi connectivity index (χ0n) is 12.4. The summed E-state index contributed by atoms with van der Waals surface area (Å²) in [6.45, 7) is 7.00. The molecule has 21 heavy (non-hydrogen) atoms. The molecule has 114 valence electrons. The summed E-state index contributed by atoms with van der Waals surface area (Å²) in [4.78, 5) is 13.8. The van der Waals surface area contributed by atoms with Crippen LogP contribution in [0.5, 0.6) is 5.75 Å². The molecule has 0 aliphatic carbocycles. The Labute approximate surface area is 131 Å². The number of benzene rings is 1. The third-order valence-electron chi connectivity index (χ3n) is 2.77. The van der Waals surface area contributed by atoms with E-state index in [1.807, 2.05) is 6.92 Å². The van der Waals surface area contributed by atoms with Gasteiger partial charge in [-0.3, -0.25) is 4.79 Å². The number of nitrogens with zero attached hydrogens (tertiary/aromatic N) is 1. The Morgan fingerprint density at radius 1 is 1.43 bits per heavy atom. The second-order valence-electron chi connectivity index (χ2n) is 4.27. The zero-order valence-corrected chi connectivity index (χ0v) is 13.2. The Hall–Kier alpha value is -2.08. The normalized spacial score (nSPS) is 9.62. The molecule has 0 aliphatic rings. The van der Waals surface area contributed by atoms with Crippen LogP contribution in [-0.4, -0.2) is 42.7 Å². The fraction of sp³-hybridized carbons (Fsp3) is 0.333. The summed E-state index contributed by atoms with van der Waals surface area (Å²) in [6, 6.07) is 7.18. The first-order valence-electron chi connectivity index (χ1n) is 6.68. The van der Waals surface area contributed by atoms with Crippen LogP contribution in [0.1, 0.15) is 6.92 Å². The highest BCUT2D eigenvalue weighted by Gasteiger charge is 2.12. The van der Waals surface area contributed by atoms with Gasteiger partial charge >= 0.3 is 0 Å². The Morgan fingerprint density at radius 2 is 2.10 bits per heavy atom. The summed E-state index contributed by atoms with van der Waals surface area (Å²) < 4.78 is 5.07. The van der Waals surface area contributed by atoms with E-state index in [4.69, 9.17) is 17.0 Å². The summed E-state index contributed by atoms with van der Waals surface area (Å²) in [6.07, 6.45) is 1.72. The molecule has 0 bridgehead atoms. The third kappa shape index (κ3) is 5.83. The number of nitrogens with one attached hydrogen (secondary N) is 2.